The van der Waals surface area contributed by atoms with E-state index >= 15 is 0 Å². The molecule has 0 aromatic carbocycles. The number of aromatic amines is 1. The van der Waals surface area contributed by atoms with Crippen molar-refractivity contribution in [1.82, 2.24) is 19.5 Å². The quantitative estimate of drug-likeness (QED) is 0.425. The van der Waals surface area contributed by atoms with Crippen LogP contribution in [0.25, 0.3) is 11.2 Å². The molecule has 2 aromatic heterocycles. The molecule has 1 saturated heterocycles. The van der Waals surface area contributed by atoms with Gasteiger partial charge in [-0.3, -0.25) is 29.0 Å². The average molecular weight is 453 g/mol. The number of ether oxygens (including phenoxy) is 2. The fourth-order valence-electron chi connectivity index (χ4n) is 3.32. The van der Waals surface area contributed by atoms with Crippen LogP contribution in [0.2, 0.25) is 0 Å². The Labute approximate surface area is 174 Å². The van der Waals surface area contributed by atoms with E-state index in [2.05, 4.69) is 24.8 Å². The van der Waals surface area contributed by atoms with E-state index < -0.39 is 43.8 Å². The maximum absolute atomic E-state index is 12.4. The topological polar surface area (TPSA) is 194 Å². The van der Waals surface area contributed by atoms with Crippen molar-refractivity contribution in [2.24, 2.45) is 0 Å². The summed E-state index contributed by atoms with van der Waals surface area (Å²) in [6.45, 7) is 0.849. The van der Waals surface area contributed by atoms with Gasteiger partial charge in [0.2, 0.25) is 5.95 Å². The van der Waals surface area contributed by atoms with Crippen molar-refractivity contribution in [3.8, 4) is 6.07 Å². The zero-order chi connectivity index (χ0) is 22.2. The van der Waals surface area contributed by atoms with Gasteiger partial charge in [-0.2, -0.15) is 10.2 Å². The predicted molar refractivity (Wildman–Crippen MR) is 99.4 cm³/mol. The number of nitrogens with one attached hydrogen (secondary N) is 2. The summed E-state index contributed by atoms with van der Waals surface area (Å²) in [7, 11) is -4.62. The molecule has 4 heterocycles. The number of hydrogen-bond acceptors (Lipinski definition) is 11. The van der Waals surface area contributed by atoms with E-state index in [0.29, 0.717) is 0 Å². The van der Waals surface area contributed by atoms with Gasteiger partial charge in [0.15, 0.2) is 17.4 Å². The molecule has 2 aliphatic heterocycles. The highest BCUT2D eigenvalue weighted by molar-refractivity contribution is 7.45. The van der Waals surface area contributed by atoms with Gasteiger partial charge in [-0.1, -0.05) is 0 Å². The van der Waals surface area contributed by atoms with Gasteiger partial charge in [-0.05, 0) is 6.92 Å². The van der Waals surface area contributed by atoms with Crippen LogP contribution in [0.15, 0.2) is 11.1 Å². The lowest BCUT2D eigenvalue weighted by Gasteiger charge is -2.25. The molecule has 2 aromatic rings. The molecule has 31 heavy (non-hydrogen) atoms. The Kier molecular flexibility index (Phi) is 5.89. The van der Waals surface area contributed by atoms with Crippen LogP contribution in [-0.4, -0.2) is 57.0 Å². The summed E-state index contributed by atoms with van der Waals surface area (Å²) in [5, 5.41) is 10.9. The lowest BCUT2D eigenvalue weighted by molar-refractivity contribution is -0.227. The van der Waals surface area contributed by atoms with E-state index in [1.54, 1.807) is 6.07 Å². The second-order valence-corrected chi connectivity index (χ2v) is 8.32. The molecule has 1 fully saturated rings. The number of hydrogen-bond donors (Lipinski definition) is 2. The molecule has 0 aliphatic carbocycles. The molecule has 2 bridgehead atoms. The van der Waals surface area contributed by atoms with Crippen LogP contribution in [0.5, 0.6) is 0 Å². The van der Waals surface area contributed by atoms with Crippen molar-refractivity contribution >= 4 is 30.8 Å². The Morgan fingerprint density at radius 1 is 1.42 bits per heavy atom. The molecule has 0 saturated carbocycles. The van der Waals surface area contributed by atoms with E-state index in [-0.39, 0.29) is 43.2 Å². The molecule has 2 unspecified atom stereocenters. The molecule has 0 spiro atoms. The van der Waals surface area contributed by atoms with E-state index in [4.69, 9.17) is 19.3 Å². The van der Waals surface area contributed by atoms with E-state index in [1.807, 2.05) is 0 Å². The minimum absolute atomic E-state index is 0.0450. The number of phosphoric acid groups is 1. The second-order valence-electron chi connectivity index (χ2n) is 6.91. The minimum atomic E-state index is -4.62. The van der Waals surface area contributed by atoms with Crippen LogP contribution in [-0.2, 0) is 27.9 Å². The van der Waals surface area contributed by atoms with Crippen LogP contribution in [0.3, 0.4) is 0 Å². The number of carbonyl (C=O) groups excluding carboxylic acids is 1. The molecule has 2 N–H and O–H groups in total. The SMILES string of the molecule is CC1O[C@@H]2C[C@@H](COP(=O)([O-])OCCC#N)O[C@H]2n2cnc3c(=O)[nH]c(nc32)NC1=O. The van der Waals surface area contributed by atoms with Crippen LogP contribution < -0.4 is 15.8 Å². The van der Waals surface area contributed by atoms with Crippen molar-refractivity contribution < 1.29 is 32.8 Å². The van der Waals surface area contributed by atoms with Crippen molar-refractivity contribution in [3.63, 3.8) is 0 Å². The lowest BCUT2D eigenvalue weighted by Crippen LogP contribution is -2.36. The van der Waals surface area contributed by atoms with Gasteiger partial charge in [0.25, 0.3) is 19.3 Å². The predicted octanol–water partition coefficient (Wildman–Crippen LogP) is -0.452. The normalized spacial score (nSPS) is 27.5. The number of nitriles is 1. The Morgan fingerprint density at radius 3 is 3.00 bits per heavy atom. The highest BCUT2D eigenvalue weighted by Gasteiger charge is 2.41. The van der Waals surface area contributed by atoms with Crippen molar-refractivity contribution in [3.05, 3.63) is 16.7 Å². The molecule has 166 valence electrons. The Balaban J connectivity index is 1.57. The average Bonchev–Trinajstić information content (AvgIpc) is 3.30. The summed E-state index contributed by atoms with van der Waals surface area (Å²) in [4.78, 5) is 47.2. The Bertz CT molecular complexity index is 1140. The number of aromatic nitrogens is 4. The minimum Gasteiger partial charge on any atom is -0.756 e. The highest BCUT2D eigenvalue weighted by Crippen LogP contribution is 2.41. The summed E-state index contributed by atoms with van der Waals surface area (Å²) in [6.07, 6.45) is -1.71. The number of anilines is 1. The Morgan fingerprint density at radius 2 is 2.23 bits per heavy atom. The third kappa shape index (κ3) is 4.52. The number of rotatable bonds is 6. The van der Waals surface area contributed by atoms with Crippen LogP contribution in [0.4, 0.5) is 5.95 Å². The van der Waals surface area contributed by atoms with Gasteiger partial charge in [0.1, 0.15) is 12.2 Å². The Hall–Kier alpha value is -2.66. The van der Waals surface area contributed by atoms with E-state index in [9.17, 15) is 19.0 Å². The van der Waals surface area contributed by atoms with Crippen molar-refractivity contribution in [2.75, 3.05) is 18.5 Å². The first kappa shape index (κ1) is 21.6. The fraction of sp³-hybridized carbons (Fsp3) is 0.562. The number of amides is 1. The standard InChI is InChI=1S/C16H19N6O8P/c1-8-13(23)20-16-19-12-11(14(24)21-16)18-7-22(12)15-10(29-8)5-9(30-15)6-28-31(25,26)27-4-2-3-17/h7-10,15H,2,4-6H2,1H3,(H,25,26)(H2,19,20,21,23,24)/p-1/t8?,9-,10+,15+/m0/s1. The fourth-order valence-corrected chi connectivity index (χ4v) is 4.06. The maximum atomic E-state index is 12.4. The first-order valence-corrected chi connectivity index (χ1v) is 10.8. The van der Waals surface area contributed by atoms with Crippen LogP contribution >= 0.6 is 7.82 Å². The molecule has 0 radical (unpaired) electrons. The zero-order valence-electron chi connectivity index (χ0n) is 16.2. The number of carbonyl (C=O) groups is 1. The summed E-state index contributed by atoms with van der Waals surface area (Å²) < 4.78 is 34.5. The number of fused-ring (bicyclic) bond motifs is 3. The number of nitrogens with zero attached hydrogens (tertiary/aromatic N) is 4. The summed E-state index contributed by atoms with van der Waals surface area (Å²) in [5.74, 6) is -0.582. The third-order valence-corrected chi connectivity index (χ3v) is 5.69. The molecular formula is C16H18N6O8P-. The van der Waals surface area contributed by atoms with Gasteiger partial charge in [0, 0.05) is 6.42 Å². The lowest BCUT2D eigenvalue weighted by atomic mass is 10.2. The molecule has 15 heteroatoms. The highest BCUT2D eigenvalue weighted by atomic mass is 31.2. The zero-order valence-corrected chi connectivity index (χ0v) is 17.1. The summed E-state index contributed by atoms with van der Waals surface area (Å²) in [6, 6.07) is 1.76. The number of phosphoric ester groups is 1. The maximum Gasteiger partial charge on any atom is 0.280 e. The van der Waals surface area contributed by atoms with Crippen molar-refractivity contribution in [2.45, 2.75) is 44.3 Å². The summed E-state index contributed by atoms with van der Waals surface area (Å²) in [5.41, 5.74) is -0.323. The van der Waals surface area contributed by atoms with Crippen molar-refractivity contribution in [1.29, 1.82) is 5.26 Å². The van der Waals surface area contributed by atoms with Gasteiger partial charge >= 0.3 is 0 Å². The van der Waals surface area contributed by atoms with Crippen LogP contribution in [0.1, 0.15) is 26.0 Å². The smallest absolute Gasteiger partial charge is 0.280 e. The van der Waals surface area contributed by atoms with Gasteiger partial charge in [0.05, 0.1) is 38.1 Å². The monoisotopic (exact) mass is 453 g/mol. The van der Waals surface area contributed by atoms with Gasteiger partial charge < -0.3 is 23.4 Å². The third-order valence-electron chi connectivity index (χ3n) is 4.72. The van der Waals surface area contributed by atoms with E-state index in [0.717, 1.165) is 0 Å². The first-order valence-electron chi connectivity index (χ1n) is 9.33. The van der Waals surface area contributed by atoms with Gasteiger partial charge in [-0.25, -0.2) is 4.98 Å². The molecule has 4 rings (SSSR count). The first-order chi connectivity index (χ1) is 14.8. The van der Waals surface area contributed by atoms with Crippen LogP contribution in [0, 0.1) is 11.3 Å². The summed E-state index contributed by atoms with van der Waals surface area (Å²) >= 11 is 0. The molecule has 1 amide bonds. The molecular weight excluding hydrogens is 435 g/mol. The number of H-pyrrole nitrogens is 1. The molecule has 14 nitrogen and oxygen atoms in total. The molecule has 2 aliphatic rings. The number of imidazole rings is 1. The van der Waals surface area contributed by atoms with Gasteiger partial charge in [-0.15, -0.1) is 0 Å². The van der Waals surface area contributed by atoms with E-state index in [1.165, 1.54) is 17.8 Å². The molecule has 5 atom stereocenters. The largest absolute Gasteiger partial charge is 0.756 e. The second kappa shape index (κ2) is 8.46.